The number of ether oxygens (including phenoxy) is 5. The summed E-state index contributed by atoms with van der Waals surface area (Å²) in [6.45, 7) is 3.95. The molecule has 1 aliphatic heterocycles. The first-order valence-electron chi connectivity index (χ1n) is 9.28. The number of hydrogen-bond acceptors (Lipinski definition) is 8. The van der Waals surface area contributed by atoms with Gasteiger partial charge in [0, 0.05) is 44.9 Å². The molecule has 2 aromatic carbocycles. The standard InChI is InChI=1S/C22H22O8/c1-12(23)27-16-7-5-15(6-8-16)22-21(29-14(3)25)11-18-19(26-4)9-17(28-13(2)24)10-20(18)30-22/h5-10,21-22H,11H2,1-4H3/t21-,22+/m1/s1. The van der Waals surface area contributed by atoms with Gasteiger partial charge in [-0.25, -0.2) is 0 Å². The van der Waals surface area contributed by atoms with E-state index in [9.17, 15) is 14.4 Å². The van der Waals surface area contributed by atoms with Gasteiger partial charge in [0.05, 0.1) is 7.11 Å². The van der Waals surface area contributed by atoms with E-state index in [1.54, 1.807) is 36.4 Å². The lowest BCUT2D eigenvalue weighted by Crippen LogP contribution is -2.34. The fraction of sp³-hybridized carbons (Fsp3) is 0.318. The Balaban J connectivity index is 1.98. The van der Waals surface area contributed by atoms with Crippen LogP contribution in [0.1, 0.15) is 38.0 Å². The first-order chi connectivity index (χ1) is 14.3. The van der Waals surface area contributed by atoms with Gasteiger partial charge in [-0.3, -0.25) is 14.4 Å². The molecule has 0 N–H and O–H groups in total. The molecular formula is C22H22O8. The molecule has 30 heavy (non-hydrogen) atoms. The van der Waals surface area contributed by atoms with Crippen LogP contribution in [-0.2, 0) is 25.5 Å². The molecule has 1 heterocycles. The van der Waals surface area contributed by atoms with Crippen LogP contribution in [0.5, 0.6) is 23.0 Å². The zero-order chi connectivity index (χ0) is 21.8. The van der Waals surface area contributed by atoms with E-state index in [0.29, 0.717) is 29.2 Å². The molecule has 0 unspecified atom stereocenters. The fourth-order valence-corrected chi connectivity index (χ4v) is 3.32. The second-order valence-corrected chi connectivity index (χ2v) is 6.75. The van der Waals surface area contributed by atoms with E-state index in [2.05, 4.69) is 0 Å². The zero-order valence-corrected chi connectivity index (χ0v) is 17.1. The van der Waals surface area contributed by atoms with Crippen molar-refractivity contribution in [1.29, 1.82) is 0 Å². The van der Waals surface area contributed by atoms with E-state index in [0.717, 1.165) is 5.56 Å². The van der Waals surface area contributed by atoms with Gasteiger partial charge in [-0.2, -0.15) is 0 Å². The average Bonchev–Trinajstić information content (AvgIpc) is 2.66. The highest BCUT2D eigenvalue weighted by molar-refractivity contribution is 5.70. The van der Waals surface area contributed by atoms with E-state index in [1.807, 2.05) is 0 Å². The minimum absolute atomic E-state index is 0.285. The highest BCUT2D eigenvalue weighted by Gasteiger charge is 2.36. The van der Waals surface area contributed by atoms with Gasteiger partial charge < -0.3 is 23.7 Å². The normalized spacial score (nSPS) is 17.2. The molecule has 0 spiro atoms. The average molecular weight is 414 g/mol. The second kappa shape index (κ2) is 8.86. The largest absolute Gasteiger partial charge is 0.496 e. The predicted molar refractivity (Wildman–Crippen MR) is 105 cm³/mol. The number of esters is 3. The van der Waals surface area contributed by atoms with Crippen molar-refractivity contribution in [1.82, 2.24) is 0 Å². The van der Waals surface area contributed by atoms with Crippen LogP contribution in [0.25, 0.3) is 0 Å². The highest BCUT2D eigenvalue weighted by atomic mass is 16.6. The summed E-state index contributed by atoms with van der Waals surface area (Å²) < 4.78 is 27.3. The lowest BCUT2D eigenvalue weighted by atomic mass is 9.93. The van der Waals surface area contributed by atoms with Gasteiger partial charge in [-0.05, 0) is 17.7 Å². The maximum absolute atomic E-state index is 11.7. The number of benzene rings is 2. The predicted octanol–water partition coefficient (Wildman–Crippen LogP) is 3.15. The second-order valence-electron chi connectivity index (χ2n) is 6.75. The van der Waals surface area contributed by atoms with Crippen LogP contribution in [0.3, 0.4) is 0 Å². The maximum Gasteiger partial charge on any atom is 0.308 e. The van der Waals surface area contributed by atoms with Crippen molar-refractivity contribution < 1.29 is 38.1 Å². The molecule has 0 saturated heterocycles. The molecule has 1 aliphatic rings. The van der Waals surface area contributed by atoms with Crippen molar-refractivity contribution in [3.63, 3.8) is 0 Å². The smallest absolute Gasteiger partial charge is 0.308 e. The summed E-state index contributed by atoms with van der Waals surface area (Å²) in [4.78, 5) is 34.2. The molecule has 0 amide bonds. The van der Waals surface area contributed by atoms with Crippen molar-refractivity contribution >= 4 is 17.9 Å². The minimum atomic E-state index is -0.620. The molecule has 0 aromatic heterocycles. The topological polar surface area (TPSA) is 97.4 Å². The molecule has 0 fully saturated rings. The van der Waals surface area contributed by atoms with Gasteiger partial charge in [-0.1, -0.05) is 12.1 Å². The molecular weight excluding hydrogens is 392 g/mol. The fourth-order valence-electron chi connectivity index (χ4n) is 3.32. The van der Waals surface area contributed by atoms with E-state index >= 15 is 0 Å². The molecule has 0 bridgehead atoms. The lowest BCUT2D eigenvalue weighted by molar-refractivity contribution is -0.152. The Morgan fingerprint density at radius 2 is 1.53 bits per heavy atom. The van der Waals surface area contributed by atoms with Gasteiger partial charge >= 0.3 is 17.9 Å². The summed E-state index contributed by atoms with van der Waals surface area (Å²) in [5, 5.41) is 0. The Labute approximate surface area is 173 Å². The monoisotopic (exact) mass is 414 g/mol. The number of carbonyl (C=O) groups is 3. The van der Waals surface area contributed by atoms with Gasteiger partial charge in [0.25, 0.3) is 0 Å². The third-order valence-electron chi connectivity index (χ3n) is 4.41. The quantitative estimate of drug-likeness (QED) is 0.544. The van der Waals surface area contributed by atoms with Crippen LogP contribution in [0.2, 0.25) is 0 Å². The molecule has 8 nitrogen and oxygen atoms in total. The molecule has 0 radical (unpaired) electrons. The number of fused-ring (bicyclic) bond motifs is 1. The van der Waals surface area contributed by atoms with Crippen LogP contribution in [0.15, 0.2) is 36.4 Å². The minimum Gasteiger partial charge on any atom is -0.496 e. The Bertz CT molecular complexity index is 964. The number of carbonyl (C=O) groups excluding carboxylic acids is 3. The van der Waals surface area contributed by atoms with Crippen molar-refractivity contribution in [3.05, 3.63) is 47.5 Å². The molecule has 2 atom stereocenters. The van der Waals surface area contributed by atoms with Crippen molar-refractivity contribution in [2.75, 3.05) is 7.11 Å². The summed E-state index contributed by atoms with van der Waals surface area (Å²) in [6.07, 6.45) is -0.887. The molecule has 0 saturated carbocycles. The zero-order valence-electron chi connectivity index (χ0n) is 17.1. The van der Waals surface area contributed by atoms with Crippen molar-refractivity contribution in [2.45, 2.75) is 39.4 Å². The third kappa shape index (κ3) is 4.89. The lowest BCUT2D eigenvalue weighted by Gasteiger charge is -2.34. The van der Waals surface area contributed by atoms with Crippen LogP contribution >= 0.6 is 0 Å². The number of hydrogen-bond donors (Lipinski definition) is 0. The summed E-state index contributed by atoms with van der Waals surface area (Å²) in [5.74, 6) is 0.270. The summed E-state index contributed by atoms with van der Waals surface area (Å²) in [6, 6.07) is 9.92. The first-order valence-corrected chi connectivity index (χ1v) is 9.28. The number of rotatable bonds is 5. The maximum atomic E-state index is 11.7. The molecule has 2 aromatic rings. The third-order valence-corrected chi connectivity index (χ3v) is 4.41. The summed E-state index contributed by atoms with van der Waals surface area (Å²) >= 11 is 0. The van der Waals surface area contributed by atoms with Gasteiger partial charge in [0.1, 0.15) is 29.1 Å². The van der Waals surface area contributed by atoms with E-state index < -0.39 is 30.1 Å². The van der Waals surface area contributed by atoms with Gasteiger partial charge in [0.15, 0.2) is 6.10 Å². The Kier molecular flexibility index (Phi) is 6.25. The Hall–Kier alpha value is -3.55. The van der Waals surface area contributed by atoms with Crippen molar-refractivity contribution in [2.24, 2.45) is 0 Å². The van der Waals surface area contributed by atoms with Crippen LogP contribution in [0, 0.1) is 0 Å². The van der Waals surface area contributed by atoms with E-state index in [4.69, 9.17) is 23.7 Å². The van der Waals surface area contributed by atoms with Crippen LogP contribution in [0.4, 0.5) is 0 Å². The van der Waals surface area contributed by atoms with Gasteiger partial charge in [-0.15, -0.1) is 0 Å². The van der Waals surface area contributed by atoms with E-state index in [1.165, 1.54) is 27.9 Å². The first kappa shape index (κ1) is 21.2. The Morgan fingerprint density at radius 1 is 0.900 bits per heavy atom. The highest BCUT2D eigenvalue weighted by Crippen LogP contribution is 2.43. The molecule has 0 aliphatic carbocycles. The van der Waals surface area contributed by atoms with Crippen LogP contribution < -0.4 is 18.9 Å². The molecule has 8 heteroatoms. The molecule has 3 rings (SSSR count). The van der Waals surface area contributed by atoms with Crippen molar-refractivity contribution in [3.8, 4) is 23.0 Å². The Morgan fingerprint density at radius 3 is 2.10 bits per heavy atom. The van der Waals surface area contributed by atoms with Crippen LogP contribution in [-0.4, -0.2) is 31.1 Å². The number of methoxy groups -OCH3 is 1. The van der Waals surface area contributed by atoms with Gasteiger partial charge in [0.2, 0.25) is 0 Å². The van der Waals surface area contributed by atoms with E-state index in [-0.39, 0.29) is 5.75 Å². The molecule has 158 valence electrons. The summed E-state index contributed by atoms with van der Waals surface area (Å²) in [7, 11) is 1.49. The summed E-state index contributed by atoms with van der Waals surface area (Å²) in [5.41, 5.74) is 1.42. The SMILES string of the molecule is COc1cc(OC(C)=O)cc2c1C[C@@H](OC(C)=O)[C@H](c1ccc(OC(C)=O)cc1)O2.